The molecule has 0 saturated carbocycles. The molecule has 6 nitrogen and oxygen atoms in total. The molecule has 2 amide bonds. The third-order valence-electron chi connectivity index (χ3n) is 2.95. The van der Waals surface area contributed by atoms with Crippen LogP contribution in [0.3, 0.4) is 0 Å². The predicted molar refractivity (Wildman–Crippen MR) is 82.7 cm³/mol. The molecule has 24 heavy (non-hydrogen) atoms. The Balaban J connectivity index is 2.11. The fourth-order valence-electron chi connectivity index (χ4n) is 1.74. The first kappa shape index (κ1) is 19.6. The number of para-hydroxylation sites is 1. The zero-order valence-corrected chi connectivity index (χ0v) is 13.2. The van der Waals surface area contributed by atoms with Crippen LogP contribution in [0, 0.1) is 0 Å². The van der Waals surface area contributed by atoms with Crippen LogP contribution in [0.4, 0.5) is 23.7 Å². The molecule has 0 spiro atoms. The maximum absolute atomic E-state index is 11.8. The van der Waals surface area contributed by atoms with Gasteiger partial charge in [-0.15, -0.1) is 0 Å². The number of ether oxygens (including phenoxy) is 1. The number of likely N-dealkylation sites (N-methyl/N-ethyl adjacent to an activating group) is 1. The Bertz CT molecular complexity index is 524. The fourth-order valence-corrected chi connectivity index (χ4v) is 1.74. The standard InChI is InChI=1S/C15H20F3N3O3/c1-21(12-5-3-2-4-6-12)10-9-19-13(22)7-8-20-14(23)24-11-15(16,17)18/h2-6H,7-11H2,1H3,(H,19,22)(H,20,23). The number of anilines is 1. The van der Waals surface area contributed by atoms with Crippen molar-refractivity contribution in [1.29, 1.82) is 0 Å². The van der Waals surface area contributed by atoms with Gasteiger partial charge in [0.15, 0.2) is 6.61 Å². The van der Waals surface area contributed by atoms with Crippen molar-refractivity contribution in [2.75, 3.05) is 38.2 Å². The minimum atomic E-state index is -4.57. The number of carbonyl (C=O) groups excluding carboxylic acids is 2. The van der Waals surface area contributed by atoms with E-state index in [1.54, 1.807) is 0 Å². The Kier molecular flexibility index (Phi) is 7.87. The van der Waals surface area contributed by atoms with Crippen molar-refractivity contribution in [2.45, 2.75) is 12.6 Å². The highest BCUT2D eigenvalue weighted by molar-refractivity contribution is 5.77. The summed E-state index contributed by atoms with van der Waals surface area (Å²) in [5.41, 5.74) is 1.01. The summed E-state index contributed by atoms with van der Waals surface area (Å²) in [6.07, 6.45) is -5.82. The first-order chi connectivity index (χ1) is 11.3. The summed E-state index contributed by atoms with van der Waals surface area (Å²) >= 11 is 0. The van der Waals surface area contributed by atoms with Gasteiger partial charge in [0.1, 0.15) is 0 Å². The van der Waals surface area contributed by atoms with E-state index in [4.69, 9.17) is 0 Å². The van der Waals surface area contributed by atoms with E-state index in [1.165, 1.54) is 0 Å². The summed E-state index contributed by atoms with van der Waals surface area (Å²) in [5.74, 6) is -0.312. The average molecular weight is 347 g/mol. The van der Waals surface area contributed by atoms with E-state index in [-0.39, 0.29) is 18.9 Å². The number of halogens is 3. The topological polar surface area (TPSA) is 70.7 Å². The number of amides is 2. The van der Waals surface area contributed by atoms with E-state index < -0.39 is 18.9 Å². The Hall–Kier alpha value is -2.45. The van der Waals surface area contributed by atoms with Crippen molar-refractivity contribution in [3.8, 4) is 0 Å². The van der Waals surface area contributed by atoms with Gasteiger partial charge in [-0.3, -0.25) is 4.79 Å². The van der Waals surface area contributed by atoms with Gasteiger partial charge in [0.2, 0.25) is 5.91 Å². The number of alkyl halides is 3. The van der Waals surface area contributed by atoms with Crippen LogP contribution in [0.15, 0.2) is 30.3 Å². The van der Waals surface area contributed by atoms with Crippen molar-refractivity contribution < 1.29 is 27.5 Å². The normalized spacial score (nSPS) is 10.8. The molecule has 2 N–H and O–H groups in total. The van der Waals surface area contributed by atoms with Crippen molar-refractivity contribution in [3.05, 3.63) is 30.3 Å². The molecule has 0 aromatic heterocycles. The average Bonchev–Trinajstić information content (AvgIpc) is 2.53. The zero-order chi connectivity index (χ0) is 18.0. The number of hydrogen-bond acceptors (Lipinski definition) is 4. The second kappa shape index (κ2) is 9.64. The molecule has 0 aliphatic carbocycles. The quantitative estimate of drug-likeness (QED) is 0.754. The first-order valence-electron chi connectivity index (χ1n) is 7.28. The molecule has 0 fully saturated rings. The predicted octanol–water partition coefficient (Wildman–Crippen LogP) is 1.92. The second-order valence-electron chi connectivity index (χ2n) is 4.98. The number of hydrogen-bond donors (Lipinski definition) is 2. The molecule has 9 heteroatoms. The molecule has 1 rings (SSSR count). The fraction of sp³-hybridized carbons (Fsp3) is 0.467. The second-order valence-corrected chi connectivity index (χ2v) is 4.98. The summed E-state index contributed by atoms with van der Waals surface area (Å²) in [5, 5.41) is 4.74. The van der Waals surface area contributed by atoms with Gasteiger partial charge in [0.25, 0.3) is 0 Å². The third kappa shape index (κ3) is 8.86. The van der Waals surface area contributed by atoms with Crippen molar-refractivity contribution in [3.63, 3.8) is 0 Å². The lowest BCUT2D eigenvalue weighted by Gasteiger charge is -2.19. The minimum absolute atomic E-state index is 0.0455. The Morgan fingerprint density at radius 2 is 1.79 bits per heavy atom. The summed E-state index contributed by atoms with van der Waals surface area (Å²) < 4.78 is 39.4. The lowest BCUT2D eigenvalue weighted by atomic mass is 10.3. The van der Waals surface area contributed by atoms with Gasteiger partial charge in [0, 0.05) is 38.8 Å². The molecule has 1 aromatic rings. The molecule has 134 valence electrons. The Morgan fingerprint density at radius 3 is 2.42 bits per heavy atom. The van der Waals surface area contributed by atoms with Gasteiger partial charge in [0.05, 0.1) is 0 Å². The van der Waals surface area contributed by atoms with Crippen LogP contribution in [0.5, 0.6) is 0 Å². The first-order valence-corrected chi connectivity index (χ1v) is 7.28. The smallest absolute Gasteiger partial charge is 0.422 e. The molecule has 0 radical (unpaired) electrons. The van der Waals surface area contributed by atoms with E-state index in [9.17, 15) is 22.8 Å². The van der Waals surface area contributed by atoms with Crippen molar-refractivity contribution in [2.24, 2.45) is 0 Å². The Labute approximate surface area is 138 Å². The molecule has 0 bridgehead atoms. The lowest BCUT2D eigenvalue weighted by Crippen LogP contribution is -2.36. The van der Waals surface area contributed by atoms with Crippen molar-refractivity contribution >= 4 is 17.7 Å². The molecular weight excluding hydrogens is 327 g/mol. The van der Waals surface area contributed by atoms with E-state index in [2.05, 4.69) is 15.4 Å². The number of nitrogens with one attached hydrogen (secondary N) is 2. The molecule has 0 aliphatic heterocycles. The van der Waals surface area contributed by atoms with Crippen LogP contribution in [-0.4, -0.2) is 51.5 Å². The molecule has 1 aromatic carbocycles. The highest BCUT2D eigenvalue weighted by Gasteiger charge is 2.29. The monoisotopic (exact) mass is 347 g/mol. The van der Waals surface area contributed by atoms with Crippen LogP contribution in [0.2, 0.25) is 0 Å². The minimum Gasteiger partial charge on any atom is -0.440 e. The van der Waals surface area contributed by atoms with Crippen LogP contribution < -0.4 is 15.5 Å². The van der Waals surface area contributed by atoms with Crippen LogP contribution >= 0.6 is 0 Å². The van der Waals surface area contributed by atoms with Gasteiger partial charge >= 0.3 is 12.3 Å². The molecule has 0 aliphatic rings. The maximum atomic E-state index is 11.8. The van der Waals surface area contributed by atoms with Gasteiger partial charge < -0.3 is 20.3 Å². The van der Waals surface area contributed by atoms with E-state index >= 15 is 0 Å². The molecule has 0 saturated heterocycles. The van der Waals surface area contributed by atoms with Gasteiger partial charge in [-0.05, 0) is 12.1 Å². The largest absolute Gasteiger partial charge is 0.440 e. The SMILES string of the molecule is CN(CCNC(=O)CCNC(=O)OCC(F)(F)F)c1ccccc1. The summed E-state index contributed by atoms with van der Waals surface area (Å²) in [6.45, 7) is -0.756. The third-order valence-corrected chi connectivity index (χ3v) is 2.95. The van der Waals surface area contributed by atoms with Crippen LogP contribution in [0.25, 0.3) is 0 Å². The van der Waals surface area contributed by atoms with E-state index in [0.717, 1.165) is 5.69 Å². The summed E-state index contributed by atoms with van der Waals surface area (Å²) in [7, 11) is 1.89. The number of alkyl carbamates (subject to hydrolysis) is 1. The molecular formula is C15H20F3N3O3. The lowest BCUT2D eigenvalue weighted by molar-refractivity contribution is -0.160. The van der Waals surface area contributed by atoms with Gasteiger partial charge in [-0.25, -0.2) is 4.79 Å². The van der Waals surface area contributed by atoms with E-state index in [1.807, 2.05) is 42.3 Å². The van der Waals surface area contributed by atoms with E-state index in [0.29, 0.717) is 13.1 Å². The zero-order valence-electron chi connectivity index (χ0n) is 13.2. The number of rotatable bonds is 8. The number of carbonyl (C=O) groups is 2. The maximum Gasteiger partial charge on any atom is 0.422 e. The molecule has 0 heterocycles. The van der Waals surface area contributed by atoms with Crippen LogP contribution in [0.1, 0.15) is 6.42 Å². The highest BCUT2D eigenvalue weighted by atomic mass is 19.4. The van der Waals surface area contributed by atoms with Gasteiger partial charge in [-0.2, -0.15) is 13.2 Å². The Morgan fingerprint density at radius 1 is 1.12 bits per heavy atom. The molecule has 0 unspecified atom stereocenters. The van der Waals surface area contributed by atoms with Gasteiger partial charge in [-0.1, -0.05) is 18.2 Å². The van der Waals surface area contributed by atoms with Crippen LogP contribution in [-0.2, 0) is 9.53 Å². The summed E-state index contributed by atoms with van der Waals surface area (Å²) in [4.78, 5) is 24.5. The number of nitrogens with zero attached hydrogens (tertiary/aromatic N) is 1. The van der Waals surface area contributed by atoms with Crippen molar-refractivity contribution in [1.82, 2.24) is 10.6 Å². The molecule has 0 atom stereocenters. The summed E-state index contributed by atoms with van der Waals surface area (Å²) in [6, 6.07) is 9.62. The highest BCUT2D eigenvalue weighted by Crippen LogP contribution is 2.14. The number of benzene rings is 1.